The number of nitrogens with one attached hydrogen (secondary N) is 1. The van der Waals surface area contributed by atoms with Crippen LogP contribution in [0, 0.1) is 5.82 Å². The van der Waals surface area contributed by atoms with Gasteiger partial charge in [-0.15, -0.1) is 0 Å². The van der Waals surface area contributed by atoms with E-state index in [9.17, 15) is 9.18 Å². The van der Waals surface area contributed by atoms with E-state index in [1.54, 1.807) is 17.4 Å². The summed E-state index contributed by atoms with van der Waals surface area (Å²) >= 11 is 0. The fourth-order valence-corrected chi connectivity index (χ4v) is 2.24. The Bertz CT molecular complexity index is 392. The molecule has 2 amide bonds. The Morgan fingerprint density at radius 3 is 2.19 bits per heavy atom. The molecule has 0 aliphatic heterocycles. The van der Waals surface area contributed by atoms with Crippen LogP contribution in [0.4, 0.5) is 14.9 Å². The molecule has 0 fully saturated rings. The number of hydrogen-bond donors (Lipinski definition) is 2. The molecule has 0 bridgehead atoms. The smallest absolute Gasteiger partial charge is 0.275 e. The van der Waals surface area contributed by atoms with Gasteiger partial charge >= 0.3 is 6.03 Å². The van der Waals surface area contributed by atoms with Crippen molar-refractivity contribution in [3.05, 3.63) is 30.1 Å². The standard InChI is InChI=1S/C17H27FN2O/c1-2-3-4-5-6-7-8-9-14-19-17(21)20-16-12-10-15(18)11-13-16/h10-13H,2-9,14H2,1H3,(H2,19,20,21)/p+1. The first-order valence-electron chi connectivity index (χ1n) is 8.12. The number of halogens is 1. The van der Waals surface area contributed by atoms with Crippen molar-refractivity contribution >= 4 is 11.7 Å². The number of benzene rings is 1. The van der Waals surface area contributed by atoms with Crippen molar-refractivity contribution in [1.29, 1.82) is 0 Å². The van der Waals surface area contributed by atoms with Gasteiger partial charge in [0, 0.05) is 5.69 Å². The monoisotopic (exact) mass is 295 g/mol. The normalized spacial score (nSPS) is 10.6. The molecule has 1 rings (SSSR count). The summed E-state index contributed by atoms with van der Waals surface area (Å²) in [6, 6.07) is 5.71. The lowest BCUT2D eigenvalue weighted by molar-refractivity contribution is -0.552. The van der Waals surface area contributed by atoms with Gasteiger partial charge in [-0.3, -0.25) is 10.6 Å². The molecule has 0 aromatic heterocycles. The first-order chi connectivity index (χ1) is 10.2. The summed E-state index contributed by atoms with van der Waals surface area (Å²) in [5, 5.41) is 4.41. The fraction of sp³-hybridized carbons (Fsp3) is 0.588. The van der Waals surface area contributed by atoms with E-state index in [2.05, 4.69) is 12.2 Å². The van der Waals surface area contributed by atoms with E-state index >= 15 is 0 Å². The van der Waals surface area contributed by atoms with E-state index in [4.69, 9.17) is 0 Å². The van der Waals surface area contributed by atoms with Crippen LogP contribution in [0.5, 0.6) is 0 Å². The third-order valence-corrected chi connectivity index (χ3v) is 3.50. The highest BCUT2D eigenvalue weighted by molar-refractivity contribution is 5.81. The van der Waals surface area contributed by atoms with Crippen LogP contribution in [-0.4, -0.2) is 12.6 Å². The van der Waals surface area contributed by atoms with E-state index in [0.29, 0.717) is 5.69 Å². The summed E-state index contributed by atoms with van der Waals surface area (Å²) in [5.74, 6) is -0.295. The van der Waals surface area contributed by atoms with Gasteiger partial charge in [-0.1, -0.05) is 45.4 Å². The van der Waals surface area contributed by atoms with E-state index < -0.39 is 0 Å². The molecule has 0 atom stereocenters. The average molecular weight is 295 g/mol. The van der Waals surface area contributed by atoms with Crippen LogP contribution >= 0.6 is 0 Å². The zero-order chi connectivity index (χ0) is 15.3. The van der Waals surface area contributed by atoms with Crippen molar-refractivity contribution in [3.63, 3.8) is 0 Å². The molecule has 0 aliphatic carbocycles. The van der Waals surface area contributed by atoms with Gasteiger partial charge in [0.05, 0.1) is 6.54 Å². The number of rotatable bonds is 10. The number of primary amides is 1. The first kappa shape index (κ1) is 17.6. The number of urea groups is 1. The van der Waals surface area contributed by atoms with Crippen LogP contribution in [0.15, 0.2) is 24.3 Å². The minimum atomic E-state index is -0.295. The van der Waals surface area contributed by atoms with E-state index in [1.165, 1.54) is 57.1 Å². The first-order valence-corrected chi connectivity index (χ1v) is 8.12. The summed E-state index contributed by atoms with van der Waals surface area (Å²) in [6.07, 6.45) is 10.1. The molecule has 0 radical (unpaired) electrons. The number of carbonyl (C=O) groups excluding carboxylic acids is 1. The highest BCUT2D eigenvalue weighted by Crippen LogP contribution is 2.08. The minimum absolute atomic E-state index is 0.107. The molecule has 0 saturated heterocycles. The van der Waals surface area contributed by atoms with Crippen molar-refractivity contribution < 1.29 is 14.5 Å². The number of anilines is 1. The summed E-state index contributed by atoms with van der Waals surface area (Å²) < 4.78 is 12.7. The Kier molecular flexibility index (Phi) is 9.46. The SMILES string of the molecule is CCCCCCCCCC[NH2+]C(=O)Nc1ccc(F)cc1. The lowest BCUT2D eigenvalue weighted by Gasteiger charge is -2.03. The third-order valence-electron chi connectivity index (χ3n) is 3.50. The molecule has 3 nitrogen and oxygen atoms in total. The summed E-state index contributed by atoms with van der Waals surface area (Å²) in [7, 11) is 0. The summed E-state index contributed by atoms with van der Waals surface area (Å²) in [5.41, 5.74) is 0.633. The maximum Gasteiger partial charge on any atom is 0.417 e. The number of carbonyl (C=O) groups is 1. The van der Waals surface area contributed by atoms with Crippen LogP contribution in [0.25, 0.3) is 0 Å². The van der Waals surface area contributed by atoms with Crippen molar-refractivity contribution in [1.82, 2.24) is 0 Å². The van der Waals surface area contributed by atoms with Crippen LogP contribution in [-0.2, 0) is 0 Å². The van der Waals surface area contributed by atoms with E-state index in [1.807, 2.05) is 0 Å². The number of nitrogens with two attached hydrogens (primary N) is 1. The minimum Gasteiger partial charge on any atom is -0.275 e. The van der Waals surface area contributed by atoms with E-state index in [0.717, 1.165) is 13.0 Å². The van der Waals surface area contributed by atoms with Gasteiger partial charge in [0.15, 0.2) is 0 Å². The molecule has 1 aromatic carbocycles. The zero-order valence-electron chi connectivity index (χ0n) is 13.0. The van der Waals surface area contributed by atoms with Crippen LogP contribution in [0.1, 0.15) is 58.3 Å². The summed E-state index contributed by atoms with van der Waals surface area (Å²) in [6.45, 7) is 3.04. The Morgan fingerprint density at radius 1 is 1.00 bits per heavy atom. The predicted octanol–water partition coefficient (Wildman–Crippen LogP) is 4.06. The molecule has 0 aliphatic rings. The molecule has 0 saturated carbocycles. The Balaban J connectivity index is 1.97. The van der Waals surface area contributed by atoms with Crippen LogP contribution < -0.4 is 10.6 Å². The number of quaternary nitrogens is 1. The lowest BCUT2D eigenvalue weighted by atomic mass is 10.1. The molecule has 4 heteroatoms. The summed E-state index contributed by atoms with van der Waals surface area (Å²) in [4.78, 5) is 11.6. The molecule has 0 unspecified atom stereocenters. The fourth-order valence-electron chi connectivity index (χ4n) is 2.24. The largest absolute Gasteiger partial charge is 0.417 e. The van der Waals surface area contributed by atoms with Gasteiger partial charge in [-0.25, -0.2) is 9.18 Å². The highest BCUT2D eigenvalue weighted by Gasteiger charge is 2.05. The topological polar surface area (TPSA) is 45.7 Å². The molecule has 0 spiro atoms. The van der Waals surface area contributed by atoms with Gasteiger partial charge in [0.2, 0.25) is 0 Å². The second-order valence-electron chi connectivity index (χ2n) is 5.46. The van der Waals surface area contributed by atoms with Gasteiger partial charge in [0.1, 0.15) is 5.82 Å². The second-order valence-corrected chi connectivity index (χ2v) is 5.46. The molecule has 118 valence electrons. The number of hydrogen-bond acceptors (Lipinski definition) is 1. The van der Waals surface area contributed by atoms with Gasteiger partial charge < -0.3 is 0 Å². The molecule has 0 heterocycles. The van der Waals surface area contributed by atoms with Crippen LogP contribution in [0.3, 0.4) is 0 Å². The van der Waals surface area contributed by atoms with Crippen LogP contribution in [0.2, 0.25) is 0 Å². The zero-order valence-corrected chi connectivity index (χ0v) is 13.0. The predicted molar refractivity (Wildman–Crippen MR) is 84.8 cm³/mol. The number of amides is 2. The third kappa shape index (κ3) is 9.19. The van der Waals surface area contributed by atoms with Gasteiger partial charge in [-0.2, -0.15) is 0 Å². The molecule has 3 N–H and O–H groups in total. The van der Waals surface area contributed by atoms with Gasteiger partial charge in [0.25, 0.3) is 0 Å². The molecule has 21 heavy (non-hydrogen) atoms. The van der Waals surface area contributed by atoms with Crippen molar-refractivity contribution in [2.45, 2.75) is 58.3 Å². The maximum absolute atomic E-state index is 12.7. The molecular weight excluding hydrogens is 267 g/mol. The Labute approximate surface area is 127 Å². The average Bonchev–Trinajstić information content (AvgIpc) is 2.48. The molecule has 1 aromatic rings. The van der Waals surface area contributed by atoms with Gasteiger partial charge in [-0.05, 0) is 37.1 Å². The quantitative estimate of drug-likeness (QED) is 0.628. The van der Waals surface area contributed by atoms with Crippen molar-refractivity contribution in [2.24, 2.45) is 0 Å². The second kappa shape index (κ2) is 11.3. The highest BCUT2D eigenvalue weighted by atomic mass is 19.1. The van der Waals surface area contributed by atoms with Crippen molar-refractivity contribution in [2.75, 3.05) is 11.9 Å². The Morgan fingerprint density at radius 2 is 1.57 bits per heavy atom. The van der Waals surface area contributed by atoms with Crippen molar-refractivity contribution in [3.8, 4) is 0 Å². The van der Waals surface area contributed by atoms with E-state index in [-0.39, 0.29) is 11.8 Å². The lowest BCUT2D eigenvalue weighted by Crippen LogP contribution is -2.89. The Hall–Kier alpha value is -1.42. The maximum atomic E-state index is 12.7. The number of unbranched alkanes of at least 4 members (excludes halogenated alkanes) is 7. The molecular formula is C17H28FN2O+.